The van der Waals surface area contributed by atoms with Gasteiger partial charge in [-0.05, 0) is 48.4 Å². The summed E-state index contributed by atoms with van der Waals surface area (Å²) in [6.07, 6.45) is 0.755. The van der Waals surface area contributed by atoms with Gasteiger partial charge in [-0.15, -0.1) is 0 Å². The highest BCUT2D eigenvalue weighted by Crippen LogP contribution is 2.31. The number of likely N-dealkylation sites (N-methyl/N-ethyl adjacent to an activating group) is 1. The Labute approximate surface area is 148 Å². The van der Waals surface area contributed by atoms with Crippen molar-refractivity contribution < 1.29 is 0 Å². The molecule has 1 atom stereocenters. The van der Waals surface area contributed by atoms with Crippen LogP contribution in [0.4, 0.5) is 0 Å². The molecule has 0 saturated heterocycles. The predicted molar refractivity (Wildman–Crippen MR) is 95.7 cm³/mol. The van der Waals surface area contributed by atoms with Crippen LogP contribution in [0.1, 0.15) is 24.1 Å². The Hall–Kier alpha value is -0.250. The van der Waals surface area contributed by atoms with E-state index in [0.29, 0.717) is 10.0 Å². The lowest BCUT2D eigenvalue weighted by atomic mass is 9.98. The fraction of sp³-hybridized carbons (Fsp3) is 0.250. The molecule has 0 amide bonds. The summed E-state index contributed by atoms with van der Waals surface area (Å²) in [4.78, 5) is 0. The fourth-order valence-electron chi connectivity index (χ4n) is 2.23. The second-order valence-corrected chi connectivity index (χ2v) is 6.88. The first-order chi connectivity index (χ1) is 10.0. The molecule has 0 aliphatic rings. The first kappa shape index (κ1) is 17.1. The van der Waals surface area contributed by atoms with Crippen LogP contribution in [0.5, 0.6) is 0 Å². The molecule has 0 saturated carbocycles. The zero-order valence-corrected chi connectivity index (χ0v) is 15.3. The lowest BCUT2D eigenvalue weighted by Crippen LogP contribution is -2.23. The highest BCUT2D eigenvalue weighted by atomic mass is 79.9. The summed E-state index contributed by atoms with van der Waals surface area (Å²) in [6, 6.07) is 11.6. The van der Waals surface area contributed by atoms with Crippen LogP contribution in [0.15, 0.2) is 40.9 Å². The Bertz CT molecular complexity index is 631. The predicted octanol–water partition coefficient (Wildman–Crippen LogP) is 6.30. The third-order valence-electron chi connectivity index (χ3n) is 3.23. The van der Waals surface area contributed by atoms with Crippen LogP contribution in [0.2, 0.25) is 15.1 Å². The maximum atomic E-state index is 6.37. The molecule has 5 heteroatoms. The Morgan fingerprint density at radius 2 is 1.81 bits per heavy atom. The molecule has 0 aliphatic carbocycles. The zero-order valence-electron chi connectivity index (χ0n) is 11.5. The molecule has 0 fully saturated rings. The summed E-state index contributed by atoms with van der Waals surface area (Å²) in [5, 5.41) is 5.52. The van der Waals surface area contributed by atoms with Crippen LogP contribution in [0, 0.1) is 0 Å². The lowest BCUT2D eigenvalue weighted by molar-refractivity contribution is 0.550. The quantitative estimate of drug-likeness (QED) is 0.613. The van der Waals surface area contributed by atoms with Gasteiger partial charge in [-0.3, -0.25) is 0 Å². The molecule has 1 N–H and O–H groups in total. The number of rotatable bonds is 5. The molecular weight excluding hydrogens is 392 g/mol. The summed E-state index contributed by atoms with van der Waals surface area (Å²) < 4.78 is 0.969. The summed E-state index contributed by atoms with van der Waals surface area (Å²) in [7, 11) is 0. The molecule has 2 aromatic rings. The molecule has 0 bridgehead atoms. The van der Waals surface area contributed by atoms with Crippen molar-refractivity contribution in [2.75, 3.05) is 6.54 Å². The normalized spacial score (nSPS) is 12.4. The van der Waals surface area contributed by atoms with Crippen molar-refractivity contribution in [3.8, 4) is 0 Å². The van der Waals surface area contributed by atoms with E-state index < -0.39 is 0 Å². The Morgan fingerprint density at radius 1 is 1.05 bits per heavy atom. The summed E-state index contributed by atoms with van der Waals surface area (Å²) in [5.41, 5.74) is 2.11. The molecule has 2 rings (SSSR count). The van der Waals surface area contributed by atoms with Crippen molar-refractivity contribution in [2.45, 2.75) is 19.4 Å². The van der Waals surface area contributed by atoms with Crippen LogP contribution in [0.3, 0.4) is 0 Å². The van der Waals surface area contributed by atoms with Crippen LogP contribution in [-0.2, 0) is 6.42 Å². The first-order valence-electron chi connectivity index (χ1n) is 6.63. The van der Waals surface area contributed by atoms with Gasteiger partial charge in [0.15, 0.2) is 0 Å². The minimum atomic E-state index is 0.106. The third-order valence-corrected chi connectivity index (χ3v) is 4.64. The van der Waals surface area contributed by atoms with Crippen molar-refractivity contribution in [3.63, 3.8) is 0 Å². The third kappa shape index (κ3) is 4.61. The standard InChI is InChI=1S/C16H15BrCl3N/c1-2-21-16(13-6-4-11(17)8-15(13)20)7-10-3-5-12(18)9-14(10)19/h3-6,8-9,16,21H,2,7H2,1H3. The molecule has 1 unspecified atom stereocenters. The van der Waals surface area contributed by atoms with E-state index >= 15 is 0 Å². The first-order valence-corrected chi connectivity index (χ1v) is 8.56. The minimum Gasteiger partial charge on any atom is -0.310 e. The second kappa shape index (κ2) is 7.85. The number of benzene rings is 2. The van der Waals surface area contributed by atoms with Gasteiger partial charge in [0, 0.05) is 25.6 Å². The highest BCUT2D eigenvalue weighted by Gasteiger charge is 2.16. The largest absolute Gasteiger partial charge is 0.310 e. The van der Waals surface area contributed by atoms with Crippen LogP contribution < -0.4 is 5.32 Å². The number of hydrogen-bond acceptors (Lipinski definition) is 1. The molecular formula is C16H15BrCl3N. The SMILES string of the molecule is CCNC(Cc1ccc(Cl)cc1Cl)c1ccc(Br)cc1Cl. The van der Waals surface area contributed by atoms with Gasteiger partial charge in [-0.25, -0.2) is 0 Å². The molecule has 0 heterocycles. The zero-order chi connectivity index (χ0) is 15.4. The fourth-order valence-corrected chi connectivity index (χ4v) is 3.52. The van der Waals surface area contributed by atoms with E-state index in [1.807, 2.05) is 30.3 Å². The van der Waals surface area contributed by atoms with Crippen LogP contribution in [-0.4, -0.2) is 6.54 Å². The highest BCUT2D eigenvalue weighted by molar-refractivity contribution is 9.10. The number of nitrogens with one attached hydrogen (secondary N) is 1. The van der Waals surface area contributed by atoms with E-state index in [0.717, 1.165) is 33.6 Å². The van der Waals surface area contributed by atoms with Gasteiger partial charge in [0.2, 0.25) is 0 Å². The monoisotopic (exact) mass is 405 g/mol. The van der Waals surface area contributed by atoms with Crippen LogP contribution in [0.25, 0.3) is 0 Å². The van der Waals surface area contributed by atoms with E-state index in [-0.39, 0.29) is 6.04 Å². The molecule has 2 aromatic carbocycles. The smallest absolute Gasteiger partial charge is 0.0465 e. The van der Waals surface area contributed by atoms with E-state index in [2.05, 4.69) is 28.2 Å². The molecule has 21 heavy (non-hydrogen) atoms. The Balaban J connectivity index is 2.30. The van der Waals surface area contributed by atoms with Gasteiger partial charge in [-0.2, -0.15) is 0 Å². The van der Waals surface area contributed by atoms with E-state index in [4.69, 9.17) is 34.8 Å². The van der Waals surface area contributed by atoms with Gasteiger partial charge in [0.1, 0.15) is 0 Å². The molecule has 0 aromatic heterocycles. The average Bonchev–Trinajstić information content (AvgIpc) is 2.41. The van der Waals surface area contributed by atoms with Crippen molar-refractivity contribution >= 4 is 50.7 Å². The molecule has 0 radical (unpaired) electrons. The van der Waals surface area contributed by atoms with Gasteiger partial charge in [0.05, 0.1) is 0 Å². The van der Waals surface area contributed by atoms with Crippen molar-refractivity contribution in [3.05, 3.63) is 67.1 Å². The van der Waals surface area contributed by atoms with Gasteiger partial charge in [0.25, 0.3) is 0 Å². The Morgan fingerprint density at radius 3 is 2.43 bits per heavy atom. The number of halogens is 4. The summed E-state index contributed by atoms with van der Waals surface area (Å²) in [6.45, 7) is 2.92. The lowest BCUT2D eigenvalue weighted by Gasteiger charge is -2.20. The molecule has 1 nitrogen and oxygen atoms in total. The maximum absolute atomic E-state index is 6.37. The van der Waals surface area contributed by atoms with E-state index in [9.17, 15) is 0 Å². The number of hydrogen-bond donors (Lipinski definition) is 1. The topological polar surface area (TPSA) is 12.0 Å². The van der Waals surface area contributed by atoms with Crippen molar-refractivity contribution in [1.29, 1.82) is 0 Å². The van der Waals surface area contributed by atoms with Crippen LogP contribution >= 0.6 is 50.7 Å². The average molecular weight is 408 g/mol. The minimum absolute atomic E-state index is 0.106. The summed E-state index contributed by atoms with van der Waals surface area (Å²) >= 11 is 22.0. The van der Waals surface area contributed by atoms with E-state index in [1.54, 1.807) is 6.07 Å². The Kier molecular flexibility index (Phi) is 6.39. The molecule has 112 valence electrons. The van der Waals surface area contributed by atoms with E-state index in [1.165, 1.54) is 0 Å². The van der Waals surface area contributed by atoms with Crippen molar-refractivity contribution in [1.82, 2.24) is 5.32 Å². The van der Waals surface area contributed by atoms with Gasteiger partial charge < -0.3 is 5.32 Å². The van der Waals surface area contributed by atoms with Gasteiger partial charge >= 0.3 is 0 Å². The van der Waals surface area contributed by atoms with Gasteiger partial charge in [-0.1, -0.05) is 69.8 Å². The summed E-state index contributed by atoms with van der Waals surface area (Å²) in [5.74, 6) is 0. The maximum Gasteiger partial charge on any atom is 0.0465 e. The molecule has 0 spiro atoms. The van der Waals surface area contributed by atoms with Crippen molar-refractivity contribution in [2.24, 2.45) is 0 Å². The second-order valence-electron chi connectivity index (χ2n) is 4.72. The molecule has 0 aliphatic heterocycles.